The zero-order valence-electron chi connectivity index (χ0n) is 17.0. The van der Waals surface area contributed by atoms with Gasteiger partial charge in [-0.25, -0.2) is 4.79 Å². The first-order valence-corrected chi connectivity index (χ1v) is 10.5. The van der Waals surface area contributed by atoms with Crippen molar-refractivity contribution in [3.63, 3.8) is 0 Å². The summed E-state index contributed by atoms with van der Waals surface area (Å²) < 4.78 is 0. The van der Waals surface area contributed by atoms with Gasteiger partial charge in [-0.3, -0.25) is 14.8 Å². The topological polar surface area (TPSA) is 56.7 Å². The minimum Gasteiger partial charge on any atom is -0.478 e. The highest BCUT2D eigenvalue weighted by atomic mass is 16.4. The minimum absolute atomic E-state index is 0.237. The zero-order chi connectivity index (χ0) is 20.8. The third-order valence-electron chi connectivity index (χ3n) is 5.67. The lowest BCUT2D eigenvalue weighted by molar-refractivity contribution is 0.0696. The predicted octanol–water partition coefficient (Wildman–Crippen LogP) is 4.08. The molecule has 1 aliphatic rings. The summed E-state index contributed by atoms with van der Waals surface area (Å²) in [6.45, 7) is 4.55. The lowest BCUT2D eigenvalue weighted by Crippen LogP contribution is -2.34. The minimum atomic E-state index is -0.908. The molecule has 4 rings (SSSR count). The Morgan fingerprint density at radius 3 is 2.20 bits per heavy atom. The summed E-state index contributed by atoms with van der Waals surface area (Å²) in [5.41, 5.74) is 3.73. The lowest BCUT2D eigenvalue weighted by Gasteiger charge is -2.31. The average Bonchev–Trinajstić information content (AvgIpc) is 3.01. The quantitative estimate of drug-likeness (QED) is 0.675. The van der Waals surface area contributed by atoms with E-state index in [-0.39, 0.29) is 6.04 Å². The van der Waals surface area contributed by atoms with Crippen molar-refractivity contribution < 1.29 is 9.90 Å². The molecule has 1 saturated heterocycles. The van der Waals surface area contributed by atoms with E-state index >= 15 is 0 Å². The fourth-order valence-electron chi connectivity index (χ4n) is 4.22. The maximum absolute atomic E-state index is 11.2. The molecule has 1 aromatic heterocycles. The highest BCUT2D eigenvalue weighted by molar-refractivity contribution is 5.87. The first-order valence-electron chi connectivity index (χ1n) is 10.5. The van der Waals surface area contributed by atoms with Gasteiger partial charge in [0.25, 0.3) is 0 Å². The van der Waals surface area contributed by atoms with E-state index < -0.39 is 5.97 Å². The number of hydrogen-bond donors (Lipinski definition) is 1. The Labute approximate surface area is 177 Å². The number of carbonyl (C=O) groups is 1. The third-order valence-corrected chi connectivity index (χ3v) is 5.67. The van der Waals surface area contributed by atoms with Crippen LogP contribution in [0.15, 0.2) is 79.0 Å². The number of pyridine rings is 1. The molecule has 1 fully saturated rings. The molecule has 0 atom stereocenters. The number of carboxylic acids is 1. The van der Waals surface area contributed by atoms with E-state index in [1.54, 1.807) is 18.3 Å². The molecule has 0 amide bonds. The molecule has 0 saturated carbocycles. The number of aromatic nitrogens is 1. The molecule has 5 nitrogen and oxygen atoms in total. The molecule has 0 bridgehead atoms. The van der Waals surface area contributed by atoms with Crippen LogP contribution in [0.5, 0.6) is 0 Å². The van der Waals surface area contributed by atoms with E-state index in [1.165, 1.54) is 11.1 Å². The molecule has 1 N–H and O–H groups in total. The summed E-state index contributed by atoms with van der Waals surface area (Å²) >= 11 is 0. The number of carboxylic acid groups (broad SMARTS) is 1. The fraction of sp³-hybridized carbons (Fsp3) is 0.280. The number of rotatable bonds is 6. The van der Waals surface area contributed by atoms with Crippen LogP contribution < -0.4 is 0 Å². The summed E-state index contributed by atoms with van der Waals surface area (Å²) in [5, 5.41) is 9.22. The maximum atomic E-state index is 11.2. The summed E-state index contributed by atoms with van der Waals surface area (Å²) in [6.07, 6.45) is 2.65. The van der Waals surface area contributed by atoms with Crippen molar-refractivity contribution in [3.05, 3.63) is 101 Å². The number of aromatic carboxylic acids is 1. The van der Waals surface area contributed by atoms with E-state index in [9.17, 15) is 9.90 Å². The Hall–Kier alpha value is -3.02. The van der Waals surface area contributed by atoms with Crippen molar-refractivity contribution in [2.75, 3.05) is 26.2 Å². The van der Waals surface area contributed by atoms with Crippen molar-refractivity contribution in [2.24, 2.45) is 0 Å². The van der Waals surface area contributed by atoms with Crippen LogP contribution in [0, 0.1) is 0 Å². The molecule has 0 spiro atoms. The highest BCUT2D eigenvalue weighted by Gasteiger charge is 2.25. The fourth-order valence-corrected chi connectivity index (χ4v) is 4.22. The van der Waals surface area contributed by atoms with Gasteiger partial charge < -0.3 is 5.11 Å². The second-order valence-electron chi connectivity index (χ2n) is 7.73. The normalized spacial score (nSPS) is 15.8. The predicted molar refractivity (Wildman–Crippen MR) is 117 cm³/mol. The van der Waals surface area contributed by atoms with Gasteiger partial charge >= 0.3 is 5.97 Å². The van der Waals surface area contributed by atoms with Gasteiger partial charge in [0.15, 0.2) is 0 Å². The first-order chi connectivity index (χ1) is 14.7. The van der Waals surface area contributed by atoms with E-state index in [0.29, 0.717) is 12.1 Å². The smallest absolute Gasteiger partial charge is 0.335 e. The van der Waals surface area contributed by atoms with Gasteiger partial charge in [0.2, 0.25) is 0 Å². The van der Waals surface area contributed by atoms with E-state index in [0.717, 1.165) is 38.3 Å². The first kappa shape index (κ1) is 20.3. The van der Waals surface area contributed by atoms with Crippen molar-refractivity contribution in [2.45, 2.75) is 19.0 Å². The number of nitrogens with zero attached hydrogens (tertiary/aromatic N) is 3. The van der Waals surface area contributed by atoms with Crippen molar-refractivity contribution in [3.8, 4) is 0 Å². The Balaban J connectivity index is 1.49. The third kappa shape index (κ3) is 4.93. The zero-order valence-corrected chi connectivity index (χ0v) is 17.0. The van der Waals surface area contributed by atoms with Gasteiger partial charge in [-0.15, -0.1) is 0 Å². The number of benzene rings is 2. The van der Waals surface area contributed by atoms with Crippen LogP contribution in [0.4, 0.5) is 0 Å². The van der Waals surface area contributed by atoms with Gasteiger partial charge in [0.05, 0.1) is 17.3 Å². The van der Waals surface area contributed by atoms with Crippen molar-refractivity contribution in [1.29, 1.82) is 0 Å². The molecule has 0 radical (unpaired) electrons. The maximum Gasteiger partial charge on any atom is 0.335 e. The standard InChI is InChI=1S/C25H27N3O2/c29-25(30)22-12-13-26-23(18-22)19-27-14-7-15-28(17-16-27)24(20-8-3-1-4-9-20)21-10-5-2-6-11-21/h1-6,8-13,18,24H,7,14-17,19H2,(H,29,30). The van der Waals surface area contributed by atoms with Gasteiger partial charge in [0, 0.05) is 32.4 Å². The summed E-state index contributed by atoms with van der Waals surface area (Å²) in [6, 6.07) is 24.9. The molecular weight excluding hydrogens is 374 g/mol. The van der Waals surface area contributed by atoms with Crippen LogP contribution in [0.25, 0.3) is 0 Å². The largest absolute Gasteiger partial charge is 0.478 e. The van der Waals surface area contributed by atoms with E-state index in [2.05, 4.69) is 75.4 Å². The van der Waals surface area contributed by atoms with E-state index in [4.69, 9.17) is 0 Å². The van der Waals surface area contributed by atoms with Crippen LogP contribution in [0.1, 0.15) is 39.6 Å². The Kier molecular flexibility index (Phi) is 6.52. The molecule has 1 aliphatic heterocycles. The molecule has 0 aliphatic carbocycles. The van der Waals surface area contributed by atoms with Crippen molar-refractivity contribution in [1.82, 2.24) is 14.8 Å². The summed E-state index contributed by atoms with van der Waals surface area (Å²) in [4.78, 5) is 20.6. The second-order valence-corrected chi connectivity index (χ2v) is 7.73. The van der Waals surface area contributed by atoms with Gasteiger partial charge in [-0.1, -0.05) is 60.7 Å². The molecule has 3 aromatic rings. The molecule has 2 heterocycles. The molecule has 5 heteroatoms. The van der Waals surface area contributed by atoms with Crippen LogP contribution >= 0.6 is 0 Å². The SMILES string of the molecule is O=C(O)c1ccnc(CN2CCCN(C(c3ccccc3)c3ccccc3)CC2)c1. The lowest BCUT2D eigenvalue weighted by atomic mass is 9.97. The van der Waals surface area contributed by atoms with Crippen LogP contribution in [0.3, 0.4) is 0 Å². The Morgan fingerprint density at radius 2 is 1.57 bits per heavy atom. The summed E-state index contributed by atoms with van der Waals surface area (Å²) in [7, 11) is 0. The molecule has 2 aromatic carbocycles. The average molecular weight is 402 g/mol. The van der Waals surface area contributed by atoms with E-state index in [1.807, 2.05) is 0 Å². The number of hydrogen-bond acceptors (Lipinski definition) is 4. The Bertz CT molecular complexity index is 923. The molecule has 0 unspecified atom stereocenters. The van der Waals surface area contributed by atoms with Crippen molar-refractivity contribution >= 4 is 5.97 Å². The van der Waals surface area contributed by atoms with Crippen LogP contribution in [-0.4, -0.2) is 52.0 Å². The van der Waals surface area contributed by atoms with Gasteiger partial charge in [0.1, 0.15) is 0 Å². The molecular formula is C25H27N3O2. The van der Waals surface area contributed by atoms with Gasteiger partial charge in [-0.2, -0.15) is 0 Å². The Morgan fingerprint density at radius 1 is 0.900 bits per heavy atom. The van der Waals surface area contributed by atoms with Gasteiger partial charge in [-0.05, 0) is 36.2 Å². The molecule has 30 heavy (non-hydrogen) atoms. The van der Waals surface area contributed by atoms with Crippen LogP contribution in [0.2, 0.25) is 0 Å². The second kappa shape index (κ2) is 9.65. The monoisotopic (exact) mass is 401 g/mol. The molecule has 154 valence electrons. The summed E-state index contributed by atoms with van der Waals surface area (Å²) in [5.74, 6) is -0.908. The highest BCUT2D eigenvalue weighted by Crippen LogP contribution is 2.29. The van der Waals surface area contributed by atoms with Crippen LogP contribution in [-0.2, 0) is 6.54 Å².